The molecule has 2 aromatic carbocycles. The molecule has 0 bridgehead atoms. The summed E-state index contributed by atoms with van der Waals surface area (Å²) in [5.74, 6) is 0.854. The van der Waals surface area contributed by atoms with Gasteiger partial charge in [0, 0.05) is 20.6 Å². The van der Waals surface area contributed by atoms with Crippen LogP contribution in [0.15, 0.2) is 46.9 Å². The summed E-state index contributed by atoms with van der Waals surface area (Å²) >= 11 is 15.1. The number of hydrogen-bond acceptors (Lipinski definition) is 2. The number of halogens is 2. The third-order valence-corrected chi connectivity index (χ3v) is 4.25. The van der Waals surface area contributed by atoms with Gasteiger partial charge in [-0.2, -0.15) is 0 Å². The lowest BCUT2D eigenvalue weighted by atomic mass is 10.2. The highest BCUT2D eigenvalue weighted by Crippen LogP contribution is 2.23. The topological polar surface area (TPSA) is 17.8 Å². The highest BCUT2D eigenvalue weighted by molar-refractivity contribution is 9.10. The van der Waals surface area contributed by atoms with Gasteiger partial charge >= 0.3 is 0 Å². The van der Waals surface area contributed by atoms with E-state index in [4.69, 9.17) is 23.8 Å². The molecule has 0 amide bonds. The molecular weight excluding hydrogens is 356 g/mol. The number of rotatable bonds is 1. The molecule has 0 unspecified atom stereocenters. The van der Waals surface area contributed by atoms with Gasteiger partial charge in [-0.05, 0) is 49.4 Å². The zero-order chi connectivity index (χ0) is 14.3. The standard InChI is InChI=1S/C15H10BrClN2S/c1-9-18-14-7-4-11(17)8-13(14)15(20)19(9)12-5-2-10(16)3-6-12/h2-8H,1H3. The van der Waals surface area contributed by atoms with Crippen LogP contribution in [-0.2, 0) is 0 Å². The molecule has 0 N–H and O–H groups in total. The molecule has 3 aromatic rings. The van der Waals surface area contributed by atoms with Crippen LogP contribution >= 0.6 is 39.7 Å². The Bertz CT molecular complexity index is 856. The Morgan fingerprint density at radius 3 is 2.55 bits per heavy atom. The van der Waals surface area contributed by atoms with Gasteiger partial charge in [0.2, 0.25) is 0 Å². The van der Waals surface area contributed by atoms with Gasteiger partial charge in [0.05, 0.1) is 5.52 Å². The number of aryl methyl sites for hydroxylation is 1. The molecule has 0 saturated carbocycles. The van der Waals surface area contributed by atoms with Crippen LogP contribution in [0.3, 0.4) is 0 Å². The quantitative estimate of drug-likeness (QED) is 0.531. The van der Waals surface area contributed by atoms with E-state index in [-0.39, 0.29) is 0 Å². The average molecular weight is 366 g/mol. The first-order chi connectivity index (χ1) is 9.56. The molecule has 0 spiro atoms. The summed E-state index contributed by atoms with van der Waals surface area (Å²) in [4.78, 5) is 4.60. The van der Waals surface area contributed by atoms with E-state index in [0.717, 1.165) is 31.5 Å². The summed E-state index contributed by atoms with van der Waals surface area (Å²) in [6.07, 6.45) is 0. The van der Waals surface area contributed by atoms with Crippen LogP contribution in [0.4, 0.5) is 0 Å². The van der Waals surface area contributed by atoms with E-state index in [1.54, 1.807) is 0 Å². The predicted octanol–water partition coefficient (Wildman–Crippen LogP) is 5.48. The Kier molecular flexibility index (Phi) is 3.63. The summed E-state index contributed by atoms with van der Waals surface area (Å²) in [6, 6.07) is 13.6. The van der Waals surface area contributed by atoms with Crippen molar-refractivity contribution in [3.05, 3.63) is 62.4 Å². The summed E-state index contributed by atoms with van der Waals surface area (Å²) in [7, 11) is 0. The first-order valence-corrected chi connectivity index (χ1v) is 7.59. The maximum atomic E-state index is 6.06. The normalized spacial score (nSPS) is 10.9. The molecule has 1 heterocycles. The molecule has 0 aliphatic carbocycles. The molecule has 2 nitrogen and oxygen atoms in total. The highest BCUT2D eigenvalue weighted by atomic mass is 79.9. The number of benzene rings is 2. The summed E-state index contributed by atoms with van der Waals surface area (Å²) in [5.41, 5.74) is 1.86. The molecule has 100 valence electrons. The van der Waals surface area contributed by atoms with Crippen molar-refractivity contribution < 1.29 is 0 Å². The maximum Gasteiger partial charge on any atom is 0.121 e. The molecule has 0 aliphatic heterocycles. The van der Waals surface area contributed by atoms with Crippen molar-refractivity contribution >= 4 is 50.7 Å². The van der Waals surface area contributed by atoms with Crippen molar-refractivity contribution in [3.8, 4) is 5.69 Å². The van der Waals surface area contributed by atoms with Crippen molar-refractivity contribution in [2.24, 2.45) is 0 Å². The molecule has 0 atom stereocenters. The zero-order valence-electron chi connectivity index (χ0n) is 10.6. The minimum absolute atomic E-state index is 0.664. The predicted molar refractivity (Wildman–Crippen MR) is 89.4 cm³/mol. The Hall–Kier alpha value is -1.23. The molecule has 1 aromatic heterocycles. The largest absolute Gasteiger partial charge is 0.289 e. The minimum atomic E-state index is 0.664. The SMILES string of the molecule is Cc1nc2ccc(Cl)cc2c(=S)n1-c1ccc(Br)cc1. The van der Waals surface area contributed by atoms with E-state index in [2.05, 4.69) is 20.9 Å². The van der Waals surface area contributed by atoms with Crippen LogP contribution < -0.4 is 0 Å². The maximum absolute atomic E-state index is 6.06. The molecule has 0 aliphatic rings. The van der Waals surface area contributed by atoms with Crippen molar-refractivity contribution in [2.75, 3.05) is 0 Å². The second-order valence-corrected chi connectivity index (χ2v) is 6.18. The van der Waals surface area contributed by atoms with Crippen molar-refractivity contribution in [1.29, 1.82) is 0 Å². The molecule has 20 heavy (non-hydrogen) atoms. The lowest BCUT2D eigenvalue weighted by Gasteiger charge is -2.12. The average Bonchev–Trinajstić information content (AvgIpc) is 2.42. The third kappa shape index (κ3) is 2.39. The van der Waals surface area contributed by atoms with Crippen LogP contribution in [0.1, 0.15) is 5.82 Å². The van der Waals surface area contributed by atoms with Gasteiger partial charge < -0.3 is 0 Å². The first kappa shape index (κ1) is 13.7. The van der Waals surface area contributed by atoms with Crippen molar-refractivity contribution in [1.82, 2.24) is 9.55 Å². The van der Waals surface area contributed by atoms with Gasteiger partial charge in [-0.15, -0.1) is 0 Å². The van der Waals surface area contributed by atoms with E-state index < -0.39 is 0 Å². The molecule has 3 rings (SSSR count). The van der Waals surface area contributed by atoms with Crippen molar-refractivity contribution in [2.45, 2.75) is 6.92 Å². The molecule has 5 heteroatoms. The lowest BCUT2D eigenvalue weighted by molar-refractivity contribution is 0.916. The minimum Gasteiger partial charge on any atom is -0.289 e. The highest BCUT2D eigenvalue weighted by Gasteiger charge is 2.07. The lowest BCUT2D eigenvalue weighted by Crippen LogP contribution is -2.05. The summed E-state index contributed by atoms with van der Waals surface area (Å²) < 4.78 is 3.71. The van der Waals surface area contributed by atoms with Gasteiger partial charge in [0.1, 0.15) is 10.5 Å². The van der Waals surface area contributed by atoms with Gasteiger partial charge in [-0.25, -0.2) is 4.98 Å². The van der Waals surface area contributed by atoms with E-state index in [1.165, 1.54) is 0 Å². The van der Waals surface area contributed by atoms with Gasteiger partial charge in [-0.3, -0.25) is 4.57 Å². The fourth-order valence-electron chi connectivity index (χ4n) is 2.16. The van der Waals surface area contributed by atoms with Gasteiger partial charge in [0.25, 0.3) is 0 Å². The van der Waals surface area contributed by atoms with Crippen LogP contribution in [0.5, 0.6) is 0 Å². The fourth-order valence-corrected chi connectivity index (χ4v) is 3.00. The zero-order valence-corrected chi connectivity index (χ0v) is 13.8. The third-order valence-electron chi connectivity index (χ3n) is 3.08. The second-order valence-electron chi connectivity index (χ2n) is 4.44. The Balaban J connectivity index is 2.36. The van der Waals surface area contributed by atoms with Crippen molar-refractivity contribution in [3.63, 3.8) is 0 Å². The van der Waals surface area contributed by atoms with Crippen LogP contribution in [0.25, 0.3) is 16.6 Å². The number of aromatic nitrogens is 2. The van der Waals surface area contributed by atoms with E-state index in [0.29, 0.717) is 5.02 Å². The fraction of sp³-hybridized carbons (Fsp3) is 0.0667. The van der Waals surface area contributed by atoms with Crippen LogP contribution in [-0.4, -0.2) is 9.55 Å². The Labute approximate surface area is 135 Å². The smallest absolute Gasteiger partial charge is 0.121 e. The molecule has 0 fully saturated rings. The Morgan fingerprint density at radius 1 is 1.15 bits per heavy atom. The van der Waals surface area contributed by atoms with Crippen LogP contribution in [0, 0.1) is 11.6 Å². The Morgan fingerprint density at radius 2 is 1.85 bits per heavy atom. The number of hydrogen-bond donors (Lipinski definition) is 0. The van der Waals surface area contributed by atoms with Gasteiger partial charge in [0.15, 0.2) is 0 Å². The monoisotopic (exact) mass is 364 g/mol. The number of fused-ring (bicyclic) bond motifs is 1. The van der Waals surface area contributed by atoms with E-state index in [9.17, 15) is 0 Å². The molecular formula is C15H10BrClN2S. The summed E-state index contributed by atoms with van der Waals surface area (Å²) in [5, 5.41) is 1.55. The molecule has 0 radical (unpaired) electrons. The van der Waals surface area contributed by atoms with E-state index in [1.807, 2.05) is 54.0 Å². The van der Waals surface area contributed by atoms with E-state index >= 15 is 0 Å². The molecule has 0 saturated heterocycles. The second kappa shape index (κ2) is 5.28. The summed E-state index contributed by atoms with van der Waals surface area (Å²) in [6.45, 7) is 1.95. The first-order valence-electron chi connectivity index (χ1n) is 6.01. The van der Waals surface area contributed by atoms with Gasteiger partial charge in [-0.1, -0.05) is 39.7 Å². The number of nitrogens with zero attached hydrogens (tertiary/aromatic N) is 2. The van der Waals surface area contributed by atoms with Crippen LogP contribution in [0.2, 0.25) is 5.02 Å².